The molecule has 2 rings (SSSR count). The third-order valence-corrected chi connectivity index (χ3v) is 2.83. The Bertz CT molecular complexity index is 613. The number of amides is 1. The molecule has 0 fully saturated rings. The van der Waals surface area contributed by atoms with Crippen molar-refractivity contribution < 1.29 is 19.5 Å². The van der Waals surface area contributed by atoms with Crippen LogP contribution in [0.4, 0.5) is 5.69 Å². The van der Waals surface area contributed by atoms with Crippen LogP contribution in [0.2, 0.25) is 0 Å². The van der Waals surface area contributed by atoms with E-state index in [0.29, 0.717) is 17.7 Å². The van der Waals surface area contributed by atoms with E-state index in [-0.39, 0.29) is 13.0 Å². The van der Waals surface area contributed by atoms with E-state index >= 15 is 0 Å². The Hall–Kier alpha value is -2.66. The van der Waals surface area contributed by atoms with Crippen LogP contribution < -0.4 is 5.06 Å². The quantitative estimate of drug-likeness (QED) is 0.626. The first-order valence-electron chi connectivity index (χ1n) is 6.41. The van der Waals surface area contributed by atoms with E-state index in [9.17, 15) is 9.59 Å². The number of hydrogen-bond acceptors (Lipinski definition) is 3. The Balaban J connectivity index is 2.06. The molecule has 1 amide bonds. The topological polar surface area (TPSA) is 66.8 Å². The summed E-state index contributed by atoms with van der Waals surface area (Å²) in [6.45, 7) is 0.253. The lowest BCUT2D eigenvalue weighted by atomic mass is 10.1. The van der Waals surface area contributed by atoms with E-state index in [1.54, 1.807) is 24.3 Å². The van der Waals surface area contributed by atoms with Crippen LogP contribution in [0.15, 0.2) is 54.6 Å². The second-order valence-corrected chi connectivity index (χ2v) is 4.43. The molecule has 0 aliphatic carbocycles. The number of benzene rings is 2. The van der Waals surface area contributed by atoms with E-state index in [1.807, 2.05) is 30.3 Å². The Morgan fingerprint density at radius 1 is 1.10 bits per heavy atom. The lowest BCUT2D eigenvalue weighted by molar-refractivity contribution is -0.136. The summed E-state index contributed by atoms with van der Waals surface area (Å²) in [5.74, 6) is -0.921. The van der Waals surface area contributed by atoms with Gasteiger partial charge in [-0.3, -0.25) is 14.4 Å². The summed E-state index contributed by atoms with van der Waals surface area (Å²) in [7, 11) is 0. The van der Waals surface area contributed by atoms with Crippen molar-refractivity contribution >= 4 is 18.1 Å². The van der Waals surface area contributed by atoms with Gasteiger partial charge in [-0.05, 0) is 23.3 Å². The summed E-state index contributed by atoms with van der Waals surface area (Å²) in [4.78, 5) is 27.3. The van der Waals surface area contributed by atoms with Gasteiger partial charge in [0, 0.05) is 0 Å². The number of hydroxylamine groups is 1. The third kappa shape index (κ3) is 4.43. The SMILES string of the molecule is O=CN(OCc1ccccc1)c1cccc(CC(=O)O)c1. The molecular weight excluding hydrogens is 270 g/mol. The molecule has 0 aromatic heterocycles. The van der Waals surface area contributed by atoms with Gasteiger partial charge in [-0.2, -0.15) is 5.06 Å². The van der Waals surface area contributed by atoms with Crippen molar-refractivity contribution in [2.24, 2.45) is 0 Å². The number of anilines is 1. The maximum atomic E-state index is 11.1. The van der Waals surface area contributed by atoms with E-state index in [1.165, 1.54) is 0 Å². The van der Waals surface area contributed by atoms with Gasteiger partial charge in [0.2, 0.25) is 6.41 Å². The minimum absolute atomic E-state index is 0.0980. The molecule has 0 bridgehead atoms. The number of rotatable bonds is 7. The predicted octanol–water partition coefficient (Wildman–Crippen LogP) is 2.41. The highest BCUT2D eigenvalue weighted by atomic mass is 16.7. The predicted molar refractivity (Wildman–Crippen MR) is 77.6 cm³/mol. The van der Waals surface area contributed by atoms with Gasteiger partial charge >= 0.3 is 5.97 Å². The Kier molecular flexibility index (Phi) is 5.06. The fourth-order valence-corrected chi connectivity index (χ4v) is 1.86. The number of nitrogens with zero attached hydrogens (tertiary/aromatic N) is 1. The maximum Gasteiger partial charge on any atom is 0.307 e. The van der Waals surface area contributed by atoms with Gasteiger partial charge in [0.25, 0.3) is 0 Å². The van der Waals surface area contributed by atoms with E-state index in [0.717, 1.165) is 10.6 Å². The Morgan fingerprint density at radius 2 is 1.81 bits per heavy atom. The fourth-order valence-electron chi connectivity index (χ4n) is 1.86. The molecule has 0 unspecified atom stereocenters. The van der Waals surface area contributed by atoms with Crippen molar-refractivity contribution in [2.75, 3.05) is 5.06 Å². The zero-order valence-corrected chi connectivity index (χ0v) is 11.3. The molecule has 0 aliphatic rings. The van der Waals surface area contributed by atoms with Gasteiger partial charge in [-0.1, -0.05) is 42.5 Å². The van der Waals surface area contributed by atoms with Crippen LogP contribution in [0, 0.1) is 0 Å². The summed E-state index contributed by atoms with van der Waals surface area (Å²) < 4.78 is 0. The van der Waals surface area contributed by atoms with Gasteiger partial charge in [-0.25, -0.2) is 0 Å². The van der Waals surface area contributed by atoms with Crippen LogP contribution in [0.1, 0.15) is 11.1 Å². The maximum absolute atomic E-state index is 11.1. The fraction of sp³-hybridized carbons (Fsp3) is 0.125. The van der Waals surface area contributed by atoms with Crippen LogP contribution in [0.5, 0.6) is 0 Å². The second-order valence-electron chi connectivity index (χ2n) is 4.43. The van der Waals surface area contributed by atoms with Gasteiger partial charge < -0.3 is 5.11 Å². The number of aliphatic carboxylic acids is 1. The molecule has 0 spiro atoms. The monoisotopic (exact) mass is 285 g/mol. The van der Waals surface area contributed by atoms with Crippen LogP contribution in [0.3, 0.4) is 0 Å². The first-order valence-corrected chi connectivity index (χ1v) is 6.41. The van der Waals surface area contributed by atoms with Crippen molar-refractivity contribution in [3.63, 3.8) is 0 Å². The number of carboxylic acid groups (broad SMARTS) is 1. The van der Waals surface area contributed by atoms with Crippen molar-refractivity contribution in [3.05, 3.63) is 65.7 Å². The standard InChI is InChI=1S/C16H15NO4/c18-12-17(21-11-13-5-2-1-3-6-13)15-8-4-7-14(9-15)10-16(19)20/h1-9,12H,10-11H2,(H,19,20). The zero-order valence-electron chi connectivity index (χ0n) is 11.3. The molecule has 5 heteroatoms. The molecule has 0 aliphatic heterocycles. The highest BCUT2D eigenvalue weighted by molar-refractivity contribution is 5.74. The summed E-state index contributed by atoms with van der Waals surface area (Å²) in [5.41, 5.74) is 2.04. The van der Waals surface area contributed by atoms with Crippen molar-refractivity contribution in [3.8, 4) is 0 Å². The van der Waals surface area contributed by atoms with Crippen LogP contribution in [-0.2, 0) is 27.5 Å². The summed E-state index contributed by atoms with van der Waals surface area (Å²) in [5, 5.41) is 9.89. The van der Waals surface area contributed by atoms with E-state index < -0.39 is 5.97 Å². The van der Waals surface area contributed by atoms with E-state index in [4.69, 9.17) is 9.94 Å². The van der Waals surface area contributed by atoms with Crippen molar-refractivity contribution in [1.29, 1.82) is 0 Å². The highest BCUT2D eigenvalue weighted by Crippen LogP contribution is 2.17. The molecule has 0 saturated carbocycles. The van der Waals surface area contributed by atoms with Gasteiger partial charge in [0.05, 0.1) is 12.1 Å². The van der Waals surface area contributed by atoms with Gasteiger partial charge in [-0.15, -0.1) is 0 Å². The third-order valence-electron chi connectivity index (χ3n) is 2.83. The minimum Gasteiger partial charge on any atom is -0.481 e. The molecule has 108 valence electrons. The number of carboxylic acids is 1. The molecular formula is C16H15NO4. The number of hydrogen-bond donors (Lipinski definition) is 1. The number of carbonyl (C=O) groups is 2. The largest absolute Gasteiger partial charge is 0.481 e. The molecule has 1 N–H and O–H groups in total. The van der Waals surface area contributed by atoms with Crippen LogP contribution >= 0.6 is 0 Å². The molecule has 2 aromatic carbocycles. The van der Waals surface area contributed by atoms with Gasteiger partial charge in [0.15, 0.2) is 0 Å². The van der Waals surface area contributed by atoms with Crippen molar-refractivity contribution in [2.45, 2.75) is 13.0 Å². The molecule has 0 saturated heterocycles. The molecule has 2 aromatic rings. The summed E-state index contributed by atoms with van der Waals surface area (Å²) in [6, 6.07) is 16.1. The summed E-state index contributed by atoms with van der Waals surface area (Å²) >= 11 is 0. The van der Waals surface area contributed by atoms with Crippen LogP contribution in [0.25, 0.3) is 0 Å². The molecule has 0 heterocycles. The first kappa shape index (κ1) is 14.7. The highest BCUT2D eigenvalue weighted by Gasteiger charge is 2.08. The summed E-state index contributed by atoms with van der Waals surface area (Å²) in [6.07, 6.45) is 0.460. The molecule has 5 nitrogen and oxygen atoms in total. The molecule has 0 radical (unpaired) electrons. The lowest BCUT2D eigenvalue weighted by Crippen LogP contribution is -2.21. The smallest absolute Gasteiger partial charge is 0.307 e. The van der Waals surface area contributed by atoms with Crippen molar-refractivity contribution in [1.82, 2.24) is 0 Å². The first-order chi connectivity index (χ1) is 10.2. The van der Waals surface area contributed by atoms with E-state index in [2.05, 4.69) is 0 Å². The van der Waals surface area contributed by atoms with Crippen LogP contribution in [-0.4, -0.2) is 17.5 Å². The van der Waals surface area contributed by atoms with Gasteiger partial charge in [0.1, 0.15) is 6.61 Å². The lowest BCUT2D eigenvalue weighted by Gasteiger charge is -2.17. The average molecular weight is 285 g/mol. The Morgan fingerprint density at radius 3 is 2.48 bits per heavy atom. The molecule has 0 atom stereocenters. The average Bonchev–Trinajstić information content (AvgIpc) is 2.49. The zero-order chi connectivity index (χ0) is 15.1. The minimum atomic E-state index is -0.921. The molecule has 21 heavy (non-hydrogen) atoms. The second kappa shape index (κ2) is 7.21. The Labute approximate surface area is 122 Å². The normalized spacial score (nSPS) is 10.1. The number of carbonyl (C=O) groups excluding carboxylic acids is 1.